The molecule has 19 heavy (non-hydrogen) atoms. The fraction of sp³-hybridized carbons (Fsp3) is 0.562. The van der Waals surface area contributed by atoms with Crippen molar-refractivity contribution in [2.24, 2.45) is 5.73 Å². The topological polar surface area (TPSA) is 55.1 Å². The van der Waals surface area contributed by atoms with Gasteiger partial charge in [-0.05, 0) is 31.7 Å². The summed E-state index contributed by atoms with van der Waals surface area (Å²) in [6.45, 7) is 4.14. The van der Waals surface area contributed by atoms with Gasteiger partial charge in [-0.15, -0.1) is 0 Å². The first-order chi connectivity index (χ1) is 9.13. The highest BCUT2D eigenvalue weighted by Gasteiger charge is 2.14. The zero-order valence-corrected chi connectivity index (χ0v) is 12.1. The van der Waals surface area contributed by atoms with Gasteiger partial charge in [0.05, 0.1) is 6.04 Å². The van der Waals surface area contributed by atoms with Crippen LogP contribution in [0.15, 0.2) is 30.3 Å². The van der Waals surface area contributed by atoms with Crippen molar-refractivity contribution in [3.8, 4) is 0 Å². The van der Waals surface area contributed by atoms with Crippen LogP contribution in [0.1, 0.15) is 45.1 Å². The molecule has 0 spiro atoms. The van der Waals surface area contributed by atoms with Crippen molar-refractivity contribution < 1.29 is 4.79 Å². The number of unbranched alkanes of at least 4 members (excludes halogenated alkanes) is 1. The lowest BCUT2D eigenvalue weighted by molar-refractivity contribution is -0.123. The van der Waals surface area contributed by atoms with E-state index >= 15 is 0 Å². The van der Waals surface area contributed by atoms with Crippen LogP contribution in [0, 0.1) is 0 Å². The van der Waals surface area contributed by atoms with Gasteiger partial charge in [-0.2, -0.15) is 0 Å². The van der Waals surface area contributed by atoms with Gasteiger partial charge in [0.1, 0.15) is 0 Å². The summed E-state index contributed by atoms with van der Waals surface area (Å²) in [6.07, 6.45) is 4.77. The molecule has 2 atom stereocenters. The van der Waals surface area contributed by atoms with Crippen molar-refractivity contribution in [3.63, 3.8) is 0 Å². The van der Waals surface area contributed by atoms with E-state index < -0.39 is 0 Å². The normalized spacial score (nSPS) is 13.8. The zero-order chi connectivity index (χ0) is 14.1. The average molecular weight is 262 g/mol. The SMILES string of the molecule is CCCCC(N)C(=O)NC(C)CCc1ccccc1. The van der Waals surface area contributed by atoms with Crippen molar-refractivity contribution in [3.05, 3.63) is 35.9 Å². The highest BCUT2D eigenvalue weighted by molar-refractivity contribution is 5.81. The summed E-state index contributed by atoms with van der Waals surface area (Å²) in [5.74, 6) is -0.0194. The second kappa shape index (κ2) is 8.70. The number of carbonyl (C=O) groups excluding carboxylic acids is 1. The van der Waals surface area contributed by atoms with Gasteiger partial charge >= 0.3 is 0 Å². The van der Waals surface area contributed by atoms with Crippen molar-refractivity contribution in [2.45, 2.75) is 58.0 Å². The van der Waals surface area contributed by atoms with Crippen molar-refractivity contribution in [1.82, 2.24) is 5.32 Å². The van der Waals surface area contributed by atoms with Crippen LogP contribution >= 0.6 is 0 Å². The lowest BCUT2D eigenvalue weighted by atomic mass is 10.1. The van der Waals surface area contributed by atoms with E-state index in [0.717, 1.165) is 32.1 Å². The number of hydrogen-bond acceptors (Lipinski definition) is 2. The van der Waals surface area contributed by atoms with Gasteiger partial charge in [0, 0.05) is 6.04 Å². The first-order valence-corrected chi connectivity index (χ1v) is 7.23. The summed E-state index contributed by atoms with van der Waals surface area (Å²) >= 11 is 0. The molecule has 1 aromatic carbocycles. The Labute approximate surface area is 116 Å². The minimum absolute atomic E-state index is 0.0194. The Bertz CT molecular complexity index is 364. The molecule has 0 heterocycles. The minimum atomic E-state index is -0.362. The molecule has 2 unspecified atom stereocenters. The number of hydrogen-bond donors (Lipinski definition) is 2. The summed E-state index contributed by atoms with van der Waals surface area (Å²) in [6, 6.07) is 10.1. The van der Waals surface area contributed by atoms with Crippen molar-refractivity contribution >= 4 is 5.91 Å². The van der Waals surface area contributed by atoms with Gasteiger partial charge in [-0.25, -0.2) is 0 Å². The van der Waals surface area contributed by atoms with Crippen LogP contribution in [0.2, 0.25) is 0 Å². The second-order valence-electron chi connectivity index (χ2n) is 5.18. The molecule has 0 aliphatic heterocycles. The van der Waals surface area contributed by atoms with E-state index in [0.29, 0.717) is 0 Å². The molecule has 3 heteroatoms. The van der Waals surface area contributed by atoms with Crippen LogP contribution in [0.25, 0.3) is 0 Å². The summed E-state index contributed by atoms with van der Waals surface area (Å²) in [5, 5.41) is 2.99. The monoisotopic (exact) mass is 262 g/mol. The first kappa shape index (κ1) is 15.7. The minimum Gasteiger partial charge on any atom is -0.352 e. The smallest absolute Gasteiger partial charge is 0.237 e. The highest BCUT2D eigenvalue weighted by atomic mass is 16.2. The number of nitrogens with two attached hydrogens (primary N) is 1. The molecule has 0 saturated heterocycles. The number of carbonyl (C=O) groups is 1. The van der Waals surface area contributed by atoms with Crippen LogP contribution in [-0.4, -0.2) is 18.0 Å². The molecule has 0 bridgehead atoms. The molecule has 3 N–H and O–H groups in total. The molecule has 0 aliphatic carbocycles. The zero-order valence-electron chi connectivity index (χ0n) is 12.1. The van der Waals surface area contributed by atoms with E-state index in [-0.39, 0.29) is 18.0 Å². The third kappa shape index (κ3) is 6.39. The van der Waals surface area contributed by atoms with E-state index in [1.807, 2.05) is 25.1 Å². The molecule has 106 valence electrons. The molecule has 0 aliphatic rings. The molecule has 0 aromatic heterocycles. The van der Waals surface area contributed by atoms with Gasteiger partial charge in [0.15, 0.2) is 0 Å². The maximum atomic E-state index is 11.8. The van der Waals surface area contributed by atoms with Gasteiger partial charge in [-0.3, -0.25) is 4.79 Å². The third-order valence-corrected chi connectivity index (χ3v) is 3.30. The van der Waals surface area contributed by atoms with E-state index in [1.54, 1.807) is 0 Å². The molecule has 0 saturated carbocycles. The fourth-order valence-corrected chi connectivity index (χ4v) is 2.01. The third-order valence-electron chi connectivity index (χ3n) is 3.30. The fourth-order valence-electron chi connectivity index (χ4n) is 2.01. The predicted octanol–water partition coefficient (Wildman–Crippen LogP) is 2.64. The maximum absolute atomic E-state index is 11.8. The van der Waals surface area contributed by atoms with E-state index in [1.165, 1.54) is 5.56 Å². The van der Waals surface area contributed by atoms with E-state index in [4.69, 9.17) is 5.73 Å². The second-order valence-corrected chi connectivity index (χ2v) is 5.18. The quantitative estimate of drug-likeness (QED) is 0.756. The Balaban J connectivity index is 2.26. The lowest BCUT2D eigenvalue weighted by Gasteiger charge is -2.17. The number of aryl methyl sites for hydroxylation is 1. The number of amides is 1. The molecule has 3 nitrogen and oxygen atoms in total. The molecular formula is C16H26N2O. The lowest BCUT2D eigenvalue weighted by Crippen LogP contribution is -2.44. The van der Waals surface area contributed by atoms with Gasteiger partial charge < -0.3 is 11.1 Å². The van der Waals surface area contributed by atoms with E-state index in [9.17, 15) is 4.79 Å². The van der Waals surface area contributed by atoms with Crippen LogP contribution in [0.3, 0.4) is 0 Å². The largest absolute Gasteiger partial charge is 0.352 e. The van der Waals surface area contributed by atoms with Crippen LogP contribution < -0.4 is 11.1 Å². The Morgan fingerprint density at radius 3 is 2.58 bits per heavy atom. The Hall–Kier alpha value is -1.35. The molecule has 1 rings (SSSR count). The molecule has 0 fully saturated rings. The molecule has 1 amide bonds. The maximum Gasteiger partial charge on any atom is 0.237 e. The average Bonchev–Trinajstić information content (AvgIpc) is 2.43. The number of benzene rings is 1. The Kier molecular flexibility index (Phi) is 7.19. The van der Waals surface area contributed by atoms with Crippen LogP contribution in [0.4, 0.5) is 0 Å². The summed E-state index contributed by atoms with van der Waals surface area (Å²) in [5.41, 5.74) is 7.15. The standard InChI is InChI=1S/C16H26N2O/c1-3-4-10-15(17)16(19)18-13(2)11-12-14-8-6-5-7-9-14/h5-9,13,15H,3-4,10-12,17H2,1-2H3,(H,18,19). The summed E-state index contributed by atoms with van der Waals surface area (Å²) < 4.78 is 0. The molecular weight excluding hydrogens is 236 g/mol. The van der Waals surface area contributed by atoms with Crippen molar-refractivity contribution in [2.75, 3.05) is 0 Å². The molecule has 1 aromatic rings. The number of nitrogens with one attached hydrogen (secondary N) is 1. The van der Waals surface area contributed by atoms with Gasteiger partial charge in [0.2, 0.25) is 5.91 Å². The van der Waals surface area contributed by atoms with E-state index in [2.05, 4.69) is 24.4 Å². The Morgan fingerprint density at radius 1 is 1.26 bits per heavy atom. The van der Waals surface area contributed by atoms with Crippen LogP contribution in [0.5, 0.6) is 0 Å². The first-order valence-electron chi connectivity index (χ1n) is 7.23. The summed E-state index contributed by atoms with van der Waals surface area (Å²) in [7, 11) is 0. The number of rotatable bonds is 8. The molecule has 0 radical (unpaired) electrons. The van der Waals surface area contributed by atoms with Gasteiger partial charge in [-0.1, -0.05) is 50.1 Å². The van der Waals surface area contributed by atoms with Crippen LogP contribution in [-0.2, 0) is 11.2 Å². The highest BCUT2D eigenvalue weighted by Crippen LogP contribution is 2.05. The Morgan fingerprint density at radius 2 is 1.95 bits per heavy atom. The predicted molar refractivity (Wildman–Crippen MR) is 79.9 cm³/mol. The summed E-state index contributed by atoms with van der Waals surface area (Å²) in [4.78, 5) is 11.8. The van der Waals surface area contributed by atoms with Crippen molar-refractivity contribution in [1.29, 1.82) is 0 Å². The van der Waals surface area contributed by atoms with Gasteiger partial charge in [0.25, 0.3) is 0 Å².